The first kappa shape index (κ1) is 14.2. The Bertz CT molecular complexity index is 897. The Hall–Kier alpha value is -1.45. The fraction of sp³-hybridized carbons (Fsp3) is 0.385. The molecule has 0 bridgehead atoms. The van der Waals surface area contributed by atoms with Gasteiger partial charge >= 0.3 is 0 Å². The van der Waals surface area contributed by atoms with Crippen molar-refractivity contribution in [2.24, 2.45) is 0 Å². The maximum atomic E-state index is 12.4. The van der Waals surface area contributed by atoms with Gasteiger partial charge in [-0.3, -0.25) is 4.79 Å². The van der Waals surface area contributed by atoms with Crippen LogP contribution in [0.15, 0.2) is 9.13 Å². The summed E-state index contributed by atoms with van der Waals surface area (Å²) in [6.45, 7) is 0. The zero-order valence-corrected chi connectivity index (χ0v) is 14.0. The minimum absolute atomic E-state index is 0.0169. The maximum Gasteiger partial charge on any atom is 0.259 e. The van der Waals surface area contributed by atoms with Gasteiger partial charge in [0, 0.05) is 4.88 Å². The van der Waals surface area contributed by atoms with E-state index in [-0.39, 0.29) is 5.56 Å². The van der Waals surface area contributed by atoms with Gasteiger partial charge in [-0.05, 0) is 31.2 Å². The zero-order chi connectivity index (χ0) is 15.1. The van der Waals surface area contributed by atoms with Crippen molar-refractivity contribution in [2.45, 2.75) is 35.8 Å². The number of hydrogen-bond acceptors (Lipinski definition) is 8. The number of nitrogens with one attached hydrogen (secondary N) is 1. The average Bonchev–Trinajstić information content (AvgIpc) is 3.08. The summed E-state index contributed by atoms with van der Waals surface area (Å²) < 4.78 is 0.783. The molecule has 0 fully saturated rings. The molecule has 22 heavy (non-hydrogen) atoms. The van der Waals surface area contributed by atoms with Crippen LogP contribution < -0.4 is 11.3 Å². The average molecular weight is 351 g/mol. The third kappa shape index (κ3) is 2.53. The quantitative estimate of drug-likeness (QED) is 0.704. The first-order chi connectivity index (χ1) is 10.7. The van der Waals surface area contributed by atoms with Gasteiger partial charge in [0.05, 0.1) is 11.1 Å². The Balaban J connectivity index is 1.66. The summed E-state index contributed by atoms with van der Waals surface area (Å²) >= 11 is 4.49. The second-order valence-electron chi connectivity index (χ2n) is 5.10. The molecule has 3 aromatic rings. The second kappa shape index (κ2) is 5.64. The predicted octanol–water partition coefficient (Wildman–Crippen LogP) is 2.59. The van der Waals surface area contributed by atoms with Crippen LogP contribution in [0.5, 0.6) is 0 Å². The minimum Gasteiger partial charge on any atom is -0.374 e. The van der Waals surface area contributed by atoms with Gasteiger partial charge in [0.2, 0.25) is 5.13 Å². The number of fused-ring (bicyclic) bond motifs is 3. The largest absolute Gasteiger partial charge is 0.374 e. The van der Waals surface area contributed by atoms with Crippen molar-refractivity contribution < 1.29 is 0 Å². The first-order valence-electron chi connectivity index (χ1n) is 6.96. The molecule has 1 aliphatic carbocycles. The molecule has 3 heterocycles. The van der Waals surface area contributed by atoms with Crippen molar-refractivity contribution in [3.8, 4) is 0 Å². The van der Waals surface area contributed by atoms with Crippen molar-refractivity contribution in [1.29, 1.82) is 0 Å². The number of aryl methyl sites for hydroxylation is 2. The van der Waals surface area contributed by atoms with Crippen molar-refractivity contribution in [1.82, 2.24) is 20.2 Å². The molecule has 0 radical (unpaired) electrons. The van der Waals surface area contributed by atoms with Crippen LogP contribution in [-0.4, -0.2) is 20.2 Å². The van der Waals surface area contributed by atoms with Crippen molar-refractivity contribution in [2.75, 3.05) is 5.73 Å². The molecule has 0 amide bonds. The number of aromatic amines is 1. The summed E-state index contributed by atoms with van der Waals surface area (Å²) in [6.07, 6.45) is 4.44. The number of nitrogens with zero attached hydrogens (tertiary/aromatic N) is 3. The van der Waals surface area contributed by atoms with Gasteiger partial charge in [-0.2, -0.15) is 0 Å². The number of nitrogens with two attached hydrogens (primary N) is 1. The van der Waals surface area contributed by atoms with E-state index in [2.05, 4.69) is 20.2 Å². The molecule has 114 valence electrons. The Morgan fingerprint density at radius 1 is 1.23 bits per heavy atom. The van der Waals surface area contributed by atoms with Crippen LogP contribution in [0.25, 0.3) is 10.2 Å². The Labute approximate surface area is 138 Å². The molecule has 0 atom stereocenters. The standard InChI is InChI=1S/C13H13N5OS3/c14-12-17-18-13(22-12)20-5-8-15-10(19)9-6-3-1-2-4-7(6)21-11(9)16-8/h1-5H2,(H2,14,17)(H,15,16,19). The van der Waals surface area contributed by atoms with Gasteiger partial charge < -0.3 is 10.7 Å². The van der Waals surface area contributed by atoms with Crippen molar-refractivity contribution >= 4 is 49.8 Å². The predicted molar refractivity (Wildman–Crippen MR) is 90.8 cm³/mol. The summed E-state index contributed by atoms with van der Waals surface area (Å²) in [5, 5.41) is 8.98. The second-order valence-corrected chi connectivity index (χ2v) is 8.41. The third-order valence-electron chi connectivity index (χ3n) is 3.63. The fourth-order valence-electron chi connectivity index (χ4n) is 2.69. The minimum atomic E-state index is -0.0169. The molecular weight excluding hydrogens is 338 g/mol. The van der Waals surface area contributed by atoms with E-state index in [0.29, 0.717) is 16.7 Å². The van der Waals surface area contributed by atoms with Crippen LogP contribution in [0.1, 0.15) is 29.1 Å². The van der Waals surface area contributed by atoms with E-state index in [1.807, 2.05) is 0 Å². The molecule has 0 unspecified atom stereocenters. The number of H-pyrrole nitrogens is 1. The zero-order valence-electron chi connectivity index (χ0n) is 11.6. The fourth-order valence-corrected chi connectivity index (χ4v) is 5.47. The molecule has 6 nitrogen and oxygen atoms in total. The van der Waals surface area contributed by atoms with Crippen molar-refractivity contribution in [3.63, 3.8) is 0 Å². The van der Waals surface area contributed by atoms with Crippen LogP contribution in [0.2, 0.25) is 0 Å². The van der Waals surface area contributed by atoms with Crippen LogP contribution in [0.3, 0.4) is 0 Å². The van der Waals surface area contributed by atoms with Crippen LogP contribution in [-0.2, 0) is 18.6 Å². The van der Waals surface area contributed by atoms with Gasteiger partial charge in [-0.25, -0.2) is 4.98 Å². The summed E-state index contributed by atoms with van der Waals surface area (Å²) in [6, 6.07) is 0. The SMILES string of the molecule is Nc1nnc(SCc2nc3sc4c(c3c(=O)[nH]2)CCCC4)s1. The van der Waals surface area contributed by atoms with Crippen LogP contribution >= 0.6 is 34.4 Å². The van der Waals surface area contributed by atoms with Gasteiger partial charge in [0.1, 0.15) is 10.7 Å². The smallest absolute Gasteiger partial charge is 0.259 e. The van der Waals surface area contributed by atoms with E-state index >= 15 is 0 Å². The van der Waals surface area contributed by atoms with Gasteiger partial charge in [-0.15, -0.1) is 21.5 Å². The topological polar surface area (TPSA) is 97.5 Å². The Morgan fingerprint density at radius 3 is 2.91 bits per heavy atom. The van der Waals surface area contributed by atoms with E-state index in [9.17, 15) is 4.79 Å². The summed E-state index contributed by atoms with van der Waals surface area (Å²) in [7, 11) is 0. The third-order valence-corrected chi connectivity index (χ3v) is 6.71. The number of aromatic nitrogens is 4. The molecule has 3 aromatic heterocycles. The Kier molecular flexibility index (Phi) is 3.63. The lowest BCUT2D eigenvalue weighted by Crippen LogP contribution is -2.12. The molecule has 0 spiro atoms. The first-order valence-corrected chi connectivity index (χ1v) is 9.58. The molecule has 0 saturated heterocycles. The van der Waals surface area contributed by atoms with Crippen LogP contribution in [0.4, 0.5) is 5.13 Å². The number of nitrogen functional groups attached to an aromatic ring is 1. The maximum absolute atomic E-state index is 12.4. The molecule has 0 aromatic carbocycles. The summed E-state index contributed by atoms with van der Waals surface area (Å²) in [5.74, 6) is 1.23. The van der Waals surface area contributed by atoms with E-state index < -0.39 is 0 Å². The molecule has 0 saturated carbocycles. The van der Waals surface area contributed by atoms with Gasteiger partial charge in [0.25, 0.3) is 5.56 Å². The molecule has 4 rings (SSSR count). The number of hydrogen-bond donors (Lipinski definition) is 2. The number of anilines is 1. The molecule has 9 heteroatoms. The highest BCUT2D eigenvalue weighted by atomic mass is 32.2. The molecule has 1 aliphatic rings. The van der Waals surface area contributed by atoms with E-state index in [4.69, 9.17) is 5.73 Å². The number of rotatable bonds is 3. The number of thiophene rings is 1. The molecule has 3 N–H and O–H groups in total. The highest BCUT2D eigenvalue weighted by molar-refractivity contribution is 8.00. The van der Waals surface area contributed by atoms with Gasteiger partial charge in [-0.1, -0.05) is 23.1 Å². The monoisotopic (exact) mass is 351 g/mol. The van der Waals surface area contributed by atoms with Crippen molar-refractivity contribution in [3.05, 3.63) is 26.6 Å². The van der Waals surface area contributed by atoms with E-state index in [1.165, 1.54) is 40.0 Å². The van der Waals surface area contributed by atoms with Gasteiger partial charge in [0.15, 0.2) is 4.34 Å². The number of thioether (sulfide) groups is 1. The van der Waals surface area contributed by atoms with E-state index in [0.717, 1.165) is 33.8 Å². The highest BCUT2D eigenvalue weighted by Gasteiger charge is 2.19. The Morgan fingerprint density at radius 2 is 2.09 bits per heavy atom. The highest BCUT2D eigenvalue weighted by Crippen LogP contribution is 2.34. The normalized spacial score (nSPS) is 14.4. The van der Waals surface area contributed by atoms with Crippen LogP contribution in [0, 0.1) is 0 Å². The molecular formula is C13H13N5OS3. The van der Waals surface area contributed by atoms with E-state index in [1.54, 1.807) is 11.3 Å². The summed E-state index contributed by atoms with van der Waals surface area (Å²) in [4.78, 5) is 22.1. The lowest BCUT2D eigenvalue weighted by atomic mass is 9.97. The summed E-state index contributed by atoms with van der Waals surface area (Å²) in [5.41, 5.74) is 6.76. The lowest BCUT2D eigenvalue weighted by Gasteiger charge is -2.09. The molecule has 0 aliphatic heterocycles. The lowest BCUT2D eigenvalue weighted by molar-refractivity contribution is 0.700.